The van der Waals surface area contributed by atoms with Gasteiger partial charge in [0.15, 0.2) is 0 Å². The highest BCUT2D eigenvalue weighted by Crippen LogP contribution is 2.08. The summed E-state index contributed by atoms with van der Waals surface area (Å²) < 4.78 is 4.74. The highest BCUT2D eigenvalue weighted by molar-refractivity contribution is 5.88. The first-order valence-corrected chi connectivity index (χ1v) is 6.58. The maximum atomic E-state index is 11.1. The van der Waals surface area contributed by atoms with Gasteiger partial charge in [-0.2, -0.15) is 0 Å². The van der Waals surface area contributed by atoms with E-state index in [1.54, 1.807) is 11.1 Å². The van der Waals surface area contributed by atoms with Crippen LogP contribution in [-0.4, -0.2) is 36.1 Å². The van der Waals surface area contributed by atoms with E-state index in [1.807, 2.05) is 13.8 Å². The van der Waals surface area contributed by atoms with Crippen LogP contribution >= 0.6 is 0 Å². The SMILES string of the molecule is C=C(C(=O)OCC(N)N)C(C)C.C=CN1CCCC1=O. The minimum absolute atomic E-state index is 0.0323. The van der Waals surface area contributed by atoms with Crippen molar-refractivity contribution in [3.8, 4) is 0 Å². The van der Waals surface area contributed by atoms with Gasteiger partial charge >= 0.3 is 5.97 Å². The van der Waals surface area contributed by atoms with Crippen molar-refractivity contribution < 1.29 is 14.3 Å². The molecule has 0 bridgehead atoms. The molecule has 114 valence electrons. The van der Waals surface area contributed by atoms with Crippen LogP contribution in [0.1, 0.15) is 26.7 Å². The van der Waals surface area contributed by atoms with Gasteiger partial charge in [0, 0.05) is 18.5 Å². The first-order chi connectivity index (χ1) is 9.29. The molecule has 6 heteroatoms. The summed E-state index contributed by atoms with van der Waals surface area (Å²) in [5.74, 6) is -0.127. The number of carbonyl (C=O) groups excluding carboxylic acids is 2. The van der Waals surface area contributed by atoms with Crippen LogP contribution in [0.15, 0.2) is 24.9 Å². The van der Waals surface area contributed by atoms with Crippen LogP contribution in [-0.2, 0) is 14.3 Å². The average molecular weight is 283 g/mol. The van der Waals surface area contributed by atoms with Crippen molar-refractivity contribution in [2.75, 3.05) is 13.2 Å². The zero-order chi connectivity index (χ0) is 15.7. The van der Waals surface area contributed by atoms with E-state index < -0.39 is 12.1 Å². The van der Waals surface area contributed by atoms with Gasteiger partial charge in [-0.05, 0) is 18.5 Å². The second-order valence-corrected chi connectivity index (χ2v) is 4.82. The number of hydrogen-bond acceptors (Lipinski definition) is 5. The van der Waals surface area contributed by atoms with Gasteiger partial charge in [0.25, 0.3) is 0 Å². The summed E-state index contributed by atoms with van der Waals surface area (Å²) in [4.78, 5) is 23.4. The number of hydrogen-bond donors (Lipinski definition) is 2. The molecule has 1 aliphatic heterocycles. The molecule has 1 amide bonds. The maximum absolute atomic E-state index is 11.1. The van der Waals surface area contributed by atoms with E-state index in [9.17, 15) is 9.59 Å². The van der Waals surface area contributed by atoms with Crippen molar-refractivity contribution in [2.45, 2.75) is 32.9 Å². The molecule has 0 saturated carbocycles. The topological polar surface area (TPSA) is 98.7 Å². The van der Waals surface area contributed by atoms with E-state index in [2.05, 4.69) is 13.2 Å². The molecule has 0 spiro atoms. The van der Waals surface area contributed by atoms with Crippen molar-refractivity contribution in [1.29, 1.82) is 0 Å². The fraction of sp³-hybridized carbons (Fsp3) is 0.571. The number of esters is 1. The fourth-order valence-electron chi connectivity index (χ4n) is 1.36. The smallest absolute Gasteiger partial charge is 0.333 e. The number of rotatable bonds is 5. The predicted octanol–water partition coefficient (Wildman–Crippen LogP) is 0.738. The van der Waals surface area contributed by atoms with Gasteiger partial charge in [0.05, 0.1) is 6.17 Å². The molecule has 1 fully saturated rings. The number of nitrogens with zero attached hydrogens (tertiary/aromatic N) is 1. The minimum atomic E-state index is -0.617. The fourth-order valence-corrected chi connectivity index (χ4v) is 1.36. The summed E-state index contributed by atoms with van der Waals surface area (Å²) >= 11 is 0. The van der Waals surface area contributed by atoms with Crippen LogP contribution in [0, 0.1) is 5.92 Å². The minimum Gasteiger partial charge on any atom is -0.459 e. The Morgan fingerprint density at radius 1 is 1.50 bits per heavy atom. The maximum Gasteiger partial charge on any atom is 0.333 e. The van der Waals surface area contributed by atoms with Crippen molar-refractivity contribution >= 4 is 11.9 Å². The van der Waals surface area contributed by atoms with E-state index in [0.717, 1.165) is 13.0 Å². The van der Waals surface area contributed by atoms with E-state index >= 15 is 0 Å². The molecule has 0 unspecified atom stereocenters. The number of amides is 1. The third kappa shape index (κ3) is 7.06. The quantitative estimate of drug-likeness (QED) is 0.440. The molecule has 1 heterocycles. The average Bonchev–Trinajstić information content (AvgIpc) is 2.81. The molecular formula is C14H25N3O3. The Morgan fingerprint density at radius 3 is 2.40 bits per heavy atom. The summed E-state index contributed by atoms with van der Waals surface area (Å²) in [6.45, 7) is 11.7. The van der Waals surface area contributed by atoms with Crippen molar-refractivity contribution in [1.82, 2.24) is 4.90 Å². The lowest BCUT2D eigenvalue weighted by atomic mass is 10.1. The number of nitrogens with two attached hydrogens (primary N) is 2. The van der Waals surface area contributed by atoms with Crippen LogP contribution in [0.25, 0.3) is 0 Å². The lowest BCUT2D eigenvalue weighted by molar-refractivity contribution is -0.140. The first-order valence-electron chi connectivity index (χ1n) is 6.58. The molecule has 1 rings (SSSR count). The largest absolute Gasteiger partial charge is 0.459 e. The zero-order valence-corrected chi connectivity index (χ0v) is 12.3. The molecule has 1 saturated heterocycles. The Balaban J connectivity index is 0.000000388. The van der Waals surface area contributed by atoms with Crippen molar-refractivity contribution in [3.05, 3.63) is 24.9 Å². The lowest BCUT2D eigenvalue weighted by Crippen LogP contribution is -2.36. The lowest BCUT2D eigenvalue weighted by Gasteiger charge is -2.10. The Bertz CT molecular complexity index is 365. The zero-order valence-electron chi connectivity index (χ0n) is 12.3. The predicted molar refractivity (Wildman–Crippen MR) is 78.2 cm³/mol. The van der Waals surface area contributed by atoms with E-state index in [4.69, 9.17) is 16.2 Å². The third-order valence-electron chi connectivity index (χ3n) is 2.70. The summed E-state index contributed by atoms with van der Waals surface area (Å²) in [6.07, 6.45) is 2.67. The molecule has 0 aromatic heterocycles. The third-order valence-corrected chi connectivity index (χ3v) is 2.70. The van der Waals surface area contributed by atoms with Gasteiger partial charge in [0.1, 0.15) is 6.61 Å². The van der Waals surface area contributed by atoms with E-state index in [0.29, 0.717) is 12.0 Å². The molecular weight excluding hydrogens is 258 g/mol. The van der Waals surface area contributed by atoms with E-state index in [1.165, 1.54) is 0 Å². The Kier molecular flexibility index (Phi) is 8.51. The van der Waals surface area contributed by atoms with Gasteiger partial charge in [-0.25, -0.2) is 4.79 Å². The number of likely N-dealkylation sites (tertiary alicyclic amines) is 1. The van der Waals surface area contributed by atoms with Gasteiger partial charge in [0.2, 0.25) is 5.91 Å². The first kappa shape index (κ1) is 18.3. The monoisotopic (exact) mass is 283 g/mol. The molecule has 0 aliphatic carbocycles. The number of carbonyl (C=O) groups is 2. The van der Waals surface area contributed by atoms with Crippen LogP contribution in [0.2, 0.25) is 0 Å². The summed E-state index contributed by atoms with van der Waals surface area (Å²) in [7, 11) is 0. The van der Waals surface area contributed by atoms with Gasteiger partial charge in [-0.3, -0.25) is 4.79 Å². The van der Waals surface area contributed by atoms with Crippen LogP contribution in [0.5, 0.6) is 0 Å². The van der Waals surface area contributed by atoms with Crippen molar-refractivity contribution in [3.63, 3.8) is 0 Å². The highest BCUT2D eigenvalue weighted by atomic mass is 16.5. The second kappa shape index (κ2) is 9.28. The number of ether oxygens (including phenoxy) is 1. The van der Waals surface area contributed by atoms with Crippen LogP contribution < -0.4 is 11.5 Å². The molecule has 0 radical (unpaired) electrons. The normalized spacial score (nSPS) is 14.1. The standard InChI is InChI=1S/C8H16N2O2.C6H9NO/c1-5(2)6(3)8(11)12-4-7(9)10;1-2-7-5-3-4-6(7)8/h5,7H,3-4,9-10H2,1-2H3;2H,1,3-5H2. The Hall–Kier alpha value is -1.66. The second-order valence-electron chi connectivity index (χ2n) is 4.82. The van der Waals surface area contributed by atoms with E-state index in [-0.39, 0.29) is 18.4 Å². The molecule has 0 aromatic rings. The molecule has 0 aromatic carbocycles. The Labute approximate surface area is 120 Å². The highest BCUT2D eigenvalue weighted by Gasteiger charge is 2.16. The van der Waals surface area contributed by atoms with Gasteiger partial charge in [-0.15, -0.1) is 0 Å². The van der Waals surface area contributed by atoms with Gasteiger partial charge in [-0.1, -0.05) is 27.0 Å². The van der Waals surface area contributed by atoms with Crippen LogP contribution in [0.4, 0.5) is 0 Å². The molecule has 20 heavy (non-hydrogen) atoms. The molecule has 1 aliphatic rings. The summed E-state index contributed by atoms with van der Waals surface area (Å²) in [6, 6.07) is 0. The van der Waals surface area contributed by atoms with Gasteiger partial charge < -0.3 is 21.1 Å². The van der Waals surface area contributed by atoms with Crippen molar-refractivity contribution in [2.24, 2.45) is 17.4 Å². The van der Waals surface area contributed by atoms with Crippen LogP contribution in [0.3, 0.4) is 0 Å². The molecule has 0 atom stereocenters. The molecule has 6 nitrogen and oxygen atoms in total. The molecule has 4 N–H and O–H groups in total. The Morgan fingerprint density at radius 2 is 2.10 bits per heavy atom. The summed E-state index contributed by atoms with van der Waals surface area (Å²) in [5, 5.41) is 0. The summed E-state index contributed by atoms with van der Waals surface area (Å²) in [5.41, 5.74) is 10.8.